The monoisotopic (exact) mass is 244 g/mol. The molecule has 0 aliphatic rings. The van der Waals surface area contributed by atoms with Crippen LogP contribution in [0.1, 0.15) is 18.2 Å². The first-order valence-corrected chi connectivity index (χ1v) is 5.94. The van der Waals surface area contributed by atoms with Crippen molar-refractivity contribution in [3.05, 3.63) is 27.1 Å². The molecule has 1 N–H and O–H groups in total. The number of nitrogens with zero attached hydrogens (tertiary/aromatic N) is 1. The number of nitro groups is 1. The lowest BCUT2D eigenvalue weighted by atomic mass is 10.2. The van der Waals surface area contributed by atoms with E-state index in [9.17, 15) is 10.1 Å². The van der Waals surface area contributed by atoms with Gasteiger partial charge in [-0.3, -0.25) is 10.1 Å². The standard InChI is InChI=1S/C10H16N2O3S/c1-3-8(7-15-2)11-6-9-4-5-10(16-9)12(13)14/h4-5,8,11H,3,6-7H2,1-2H3. The Morgan fingerprint density at radius 2 is 2.38 bits per heavy atom. The molecule has 90 valence electrons. The summed E-state index contributed by atoms with van der Waals surface area (Å²) in [6.07, 6.45) is 0.974. The molecule has 16 heavy (non-hydrogen) atoms. The van der Waals surface area contributed by atoms with E-state index in [1.165, 1.54) is 11.3 Å². The molecular formula is C10H16N2O3S. The van der Waals surface area contributed by atoms with Crippen molar-refractivity contribution in [3.8, 4) is 0 Å². The van der Waals surface area contributed by atoms with Gasteiger partial charge in [-0.2, -0.15) is 0 Å². The number of rotatable bonds is 7. The molecule has 0 saturated carbocycles. The van der Waals surface area contributed by atoms with Crippen molar-refractivity contribution in [1.82, 2.24) is 5.32 Å². The number of nitrogens with one attached hydrogen (secondary N) is 1. The van der Waals surface area contributed by atoms with Gasteiger partial charge in [-0.05, 0) is 12.5 Å². The molecule has 1 rings (SSSR count). The molecule has 0 spiro atoms. The van der Waals surface area contributed by atoms with Crippen LogP contribution in [0.5, 0.6) is 0 Å². The number of thiophene rings is 1. The van der Waals surface area contributed by atoms with Gasteiger partial charge in [0, 0.05) is 30.6 Å². The van der Waals surface area contributed by atoms with Crippen LogP contribution in [0.25, 0.3) is 0 Å². The minimum atomic E-state index is -0.360. The van der Waals surface area contributed by atoms with Gasteiger partial charge in [0.05, 0.1) is 11.5 Å². The quantitative estimate of drug-likeness (QED) is 0.589. The van der Waals surface area contributed by atoms with Gasteiger partial charge in [0.1, 0.15) is 0 Å². The van der Waals surface area contributed by atoms with Crippen LogP contribution in [-0.2, 0) is 11.3 Å². The molecule has 5 nitrogen and oxygen atoms in total. The molecule has 1 aromatic heterocycles. The number of methoxy groups -OCH3 is 1. The summed E-state index contributed by atoms with van der Waals surface area (Å²) in [6.45, 7) is 3.39. The maximum Gasteiger partial charge on any atom is 0.324 e. The van der Waals surface area contributed by atoms with Crippen molar-refractivity contribution >= 4 is 16.3 Å². The lowest BCUT2D eigenvalue weighted by Crippen LogP contribution is -2.31. The molecule has 0 saturated heterocycles. The normalized spacial score (nSPS) is 12.6. The number of ether oxygens (including phenoxy) is 1. The largest absolute Gasteiger partial charge is 0.383 e. The highest BCUT2D eigenvalue weighted by Gasteiger charge is 2.11. The van der Waals surface area contributed by atoms with Crippen LogP contribution >= 0.6 is 11.3 Å². The second kappa shape index (κ2) is 6.57. The molecule has 1 unspecified atom stereocenters. The zero-order chi connectivity index (χ0) is 12.0. The molecule has 1 heterocycles. The fraction of sp³-hybridized carbons (Fsp3) is 0.600. The van der Waals surface area contributed by atoms with E-state index in [1.54, 1.807) is 19.2 Å². The Morgan fingerprint density at radius 1 is 1.62 bits per heavy atom. The highest BCUT2D eigenvalue weighted by atomic mass is 32.1. The summed E-state index contributed by atoms with van der Waals surface area (Å²) in [5.41, 5.74) is 0. The molecule has 0 aliphatic carbocycles. The van der Waals surface area contributed by atoms with Crippen molar-refractivity contribution in [3.63, 3.8) is 0 Å². The zero-order valence-corrected chi connectivity index (χ0v) is 10.3. The topological polar surface area (TPSA) is 64.4 Å². The smallest absolute Gasteiger partial charge is 0.324 e. The average molecular weight is 244 g/mol. The van der Waals surface area contributed by atoms with Crippen LogP contribution in [0.2, 0.25) is 0 Å². The van der Waals surface area contributed by atoms with Crippen LogP contribution in [0, 0.1) is 10.1 Å². The van der Waals surface area contributed by atoms with Crippen molar-refractivity contribution in [2.24, 2.45) is 0 Å². The second-order valence-electron chi connectivity index (χ2n) is 3.44. The molecule has 0 aromatic carbocycles. The van der Waals surface area contributed by atoms with E-state index in [0.29, 0.717) is 19.2 Å². The molecule has 0 amide bonds. The van der Waals surface area contributed by atoms with Gasteiger partial charge >= 0.3 is 5.00 Å². The summed E-state index contributed by atoms with van der Waals surface area (Å²) in [5, 5.41) is 14.0. The third-order valence-corrected chi connectivity index (χ3v) is 3.29. The Hall–Kier alpha value is -0.980. The van der Waals surface area contributed by atoms with E-state index < -0.39 is 0 Å². The third-order valence-electron chi connectivity index (χ3n) is 2.25. The van der Waals surface area contributed by atoms with E-state index in [-0.39, 0.29) is 9.92 Å². The Bertz CT molecular complexity index is 341. The molecule has 1 aromatic rings. The maximum atomic E-state index is 10.5. The van der Waals surface area contributed by atoms with E-state index in [4.69, 9.17) is 4.74 Å². The molecule has 0 aliphatic heterocycles. The Balaban J connectivity index is 2.44. The summed E-state index contributed by atoms with van der Waals surface area (Å²) < 4.78 is 5.06. The van der Waals surface area contributed by atoms with Gasteiger partial charge in [-0.1, -0.05) is 18.3 Å². The first kappa shape index (κ1) is 13.1. The fourth-order valence-electron chi connectivity index (χ4n) is 1.33. The third kappa shape index (κ3) is 3.88. The van der Waals surface area contributed by atoms with Crippen LogP contribution < -0.4 is 5.32 Å². The average Bonchev–Trinajstić information content (AvgIpc) is 2.73. The van der Waals surface area contributed by atoms with Crippen molar-refractivity contribution in [2.45, 2.75) is 25.9 Å². The number of hydrogen-bond acceptors (Lipinski definition) is 5. The predicted molar refractivity (Wildman–Crippen MR) is 63.8 cm³/mol. The summed E-state index contributed by atoms with van der Waals surface area (Å²) in [7, 11) is 1.67. The maximum absolute atomic E-state index is 10.5. The van der Waals surface area contributed by atoms with E-state index in [0.717, 1.165) is 11.3 Å². The van der Waals surface area contributed by atoms with Crippen LogP contribution in [0.4, 0.5) is 5.00 Å². The van der Waals surface area contributed by atoms with Crippen LogP contribution in [0.15, 0.2) is 12.1 Å². The van der Waals surface area contributed by atoms with Crippen LogP contribution in [-0.4, -0.2) is 24.7 Å². The summed E-state index contributed by atoms with van der Waals surface area (Å²) in [5.74, 6) is 0. The Labute approximate surface area is 98.6 Å². The van der Waals surface area contributed by atoms with Gasteiger partial charge < -0.3 is 10.1 Å². The van der Waals surface area contributed by atoms with Gasteiger partial charge in [-0.15, -0.1) is 0 Å². The molecule has 0 fully saturated rings. The molecule has 0 bridgehead atoms. The predicted octanol–water partition coefficient (Wildman–Crippen LogP) is 2.17. The molecule has 0 radical (unpaired) electrons. The molecule has 1 atom stereocenters. The fourth-order valence-corrected chi connectivity index (χ4v) is 2.10. The highest BCUT2D eigenvalue weighted by molar-refractivity contribution is 7.15. The highest BCUT2D eigenvalue weighted by Crippen LogP contribution is 2.23. The summed E-state index contributed by atoms with van der Waals surface area (Å²) in [4.78, 5) is 11.1. The Morgan fingerprint density at radius 3 is 2.88 bits per heavy atom. The van der Waals surface area contributed by atoms with Gasteiger partial charge in [-0.25, -0.2) is 0 Å². The Kier molecular flexibility index (Phi) is 5.37. The van der Waals surface area contributed by atoms with Crippen LogP contribution in [0.3, 0.4) is 0 Å². The zero-order valence-electron chi connectivity index (χ0n) is 9.43. The van der Waals surface area contributed by atoms with Crippen molar-refractivity contribution in [2.75, 3.05) is 13.7 Å². The SMILES string of the molecule is CCC(COC)NCc1ccc([N+](=O)[O-])s1. The van der Waals surface area contributed by atoms with E-state index >= 15 is 0 Å². The molecular weight excluding hydrogens is 228 g/mol. The van der Waals surface area contributed by atoms with E-state index in [2.05, 4.69) is 12.2 Å². The molecule has 6 heteroatoms. The number of hydrogen-bond donors (Lipinski definition) is 1. The van der Waals surface area contributed by atoms with E-state index in [1.807, 2.05) is 0 Å². The first-order valence-electron chi connectivity index (χ1n) is 5.12. The minimum absolute atomic E-state index is 0.191. The summed E-state index contributed by atoms with van der Waals surface area (Å²) >= 11 is 1.21. The second-order valence-corrected chi connectivity index (χ2v) is 4.59. The van der Waals surface area contributed by atoms with Crippen molar-refractivity contribution < 1.29 is 9.66 Å². The van der Waals surface area contributed by atoms with Crippen molar-refractivity contribution in [1.29, 1.82) is 0 Å². The van der Waals surface area contributed by atoms with Gasteiger partial charge in [0.2, 0.25) is 0 Å². The van der Waals surface area contributed by atoms with Gasteiger partial charge in [0.25, 0.3) is 0 Å². The minimum Gasteiger partial charge on any atom is -0.383 e. The lowest BCUT2D eigenvalue weighted by Gasteiger charge is -2.14. The lowest BCUT2D eigenvalue weighted by molar-refractivity contribution is -0.380. The van der Waals surface area contributed by atoms with Gasteiger partial charge in [0.15, 0.2) is 0 Å². The summed E-state index contributed by atoms with van der Waals surface area (Å²) in [6, 6.07) is 3.63. The first-order chi connectivity index (χ1) is 7.67.